The fourth-order valence-electron chi connectivity index (χ4n) is 3.81. The summed E-state index contributed by atoms with van der Waals surface area (Å²) in [6, 6.07) is 9.46. The van der Waals surface area contributed by atoms with Gasteiger partial charge in [0.1, 0.15) is 5.82 Å². The summed E-state index contributed by atoms with van der Waals surface area (Å²) in [6.07, 6.45) is 1.74. The van der Waals surface area contributed by atoms with Gasteiger partial charge in [-0.25, -0.2) is 9.37 Å². The molecule has 1 aliphatic rings. The number of thioether (sulfide) groups is 1. The maximum Gasteiger partial charge on any atom is 0.262 e. The second-order valence-corrected chi connectivity index (χ2v) is 10.1. The van der Waals surface area contributed by atoms with Crippen LogP contribution >= 0.6 is 23.4 Å². The van der Waals surface area contributed by atoms with Gasteiger partial charge in [-0.15, -0.1) is 0 Å². The van der Waals surface area contributed by atoms with Crippen molar-refractivity contribution in [3.63, 3.8) is 0 Å². The van der Waals surface area contributed by atoms with E-state index in [1.165, 1.54) is 17.8 Å². The van der Waals surface area contributed by atoms with Crippen LogP contribution in [0.5, 0.6) is 0 Å². The monoisotopic (exact) mass is 503 g/mol. The van der Waals surface area contributed by atoms with Gasteiger partial charge in [-0.05, 0) is 49.1 Å². The molecule has 9 heteroatoms. The number of halogens is 2. The van der Waals surface area contributed by atoms with Crippen molar-refractivity contribution >= 4 is 40.2 Å². The summed E-state index contributed by atoms with van der Waals surface area (Å²) in [7, 11) is 0. The molecule has 2 aromatic carbocycles. The zero-order valence-electron chi connectivity index (χ0n) is 19.1. The van der Waals surface area contributed by atoms with Crippen molar-refractivity contribution in [1.29, 1.82) is 0 Å². The summed E-state index contributed by atoms with van der Waals surface area (Å²) in [5.74, 6) is -0.0873. The molecule has 1 amide bonds. The van der Waals surface area contributed by atoms with E-state index in [4.69, 9.17) is 21.3 Å². The van der Waals surface area contributed by atoms with Crippen LogP contribution in [-0.4, -0.2) is 34.7 Å². The topological polar surface area (TPSA) is 73.2 Å². The van der Waals surface area contributed by atoms with Gasteiger partial charge in [-0.3, -0.25) is 14.2 Å². The highest BCUT2D eigenvalue weighted by molar-refractivity contribution is 7.98. The zero-order chi connectivity index (χ0) is 24.2. The zero-order valence-corrected chi connectivity index (χ0v) is 20.7. The van der Waals surface area contributed by atoms with Gasteiger partial charge in [-0.2, -0.15) is 0 Å². The van der Waals surface area contributed by atoms with Crippen LogP contribution in [0.4, 0.5) is 4.39 Å². The number of hydrogen-bond donors (Lipinski definition) is 1. The maximum atomic E-state index is 14.3. The third-order valence-electron chi connectivity index (χ3n) is 5.67. The Hall–Kier alpha value is -2.42. The number of nitrogens with one attached hydrogen (secondary N) is 1. The number of benzene rings is 2. The fraction of sp³-hybridized carbons (Fsp3) is 0.400. The lowest BCUT2D eigenvalue weighted by atomic mass is 10.1. The van der Waals surface area contributed by atoms with Crippen LogP contribution in [0.2, 0.25) is 5.02 Å². The highest BCUT2D eigenvalue weighted by atomic mass is 35.5. The highest BCUT2D eigenvalue weighted by Gasteiger charge is 2.21. The smallest absolute Gasteiger partial charge is 0.262 e. The van der Waals surface area contributed by atoms with Gasteiger partial charge in [0.15, 0.2) is 5.16 Å². The molecule has 1 atom stereocenters. The van der Waals surface area contributed by atoms with Gasteiger partial charge in [0.2, 0.25) is 0 Å². The number of hydrogen-bond acceptors (Lipinski definition) is 5. The number of aromatic nitrogens is 2. The summed E-state index contributed by atoms with van der Waals surface area (Å²) in [5.41, 5.74) is 1.00. The molecule has 0 unspecified atom stereocenters. The van der Waals surface area contributed by atoms with Crippen molar-refractivity contribution in [2.45, 2.75) is 50.2 Å². The van der Waals surface area contributed by atoms with E-state index in [1.807, 2.05) is 13.8 Å². The summed E-state index contributed by atoms with van der Waals surface area (Å²) < 4.78 is 21.7. The van der Waals surface area contributed by atoms with Gasteiger partial charge in [-0.1, -0.05) is 43.3 Å². The van der Waals surface area contributed by atoms with Crippen LogP contribution in [0.25, 0.3) is 10.9 Å². The standard InChI is InChI=1S/C25H27ClFN3O3S/c1-15(2)12-28-23(31)16-8-9-18-22(11-16)29-25(30(24(18)32)13-17-5-4-10-33-17)34-14-19-20(26)6-3-7-21(19)27/h3,6-9,11,15,17H,4-5,10,12-14H2,1-2H3,(H,28,31)/t17-/m0/s1. The minimum absolute atomic E-state index is 0.0746. The SMILES string of the molecule is CC(C)CNC(=O)c1ccc2c(=O)n(C[C@@H]3CCCO3)c(SCc3c(F)cccc3Cl)nc2c1. The molecule has 34 heavy (non-hydrogen) atoms. The summed E-state index contributed by atoms with van der Waals surface area (Å²) >= 11 is 7.44. The molecule has 1 fully saturated rings. The van der Waals surface area contributed by atoms with Crippen LogP contribution in [-0.2, 0) is 17.0 Å². The summed E-state index contributed by atoms with van der Waals surface area (Å²) in [6.45, 7) is 5.63. The molecule has 6 nitrogen and oxygen atoms in total. The first-order valence-corrected chi connectivity index (χ1v) is 12.7. The molecule has 0 radical (unpaired) electrons. The van der Waals surface area contributed by atoms with E-state index in [-0.39, 0.29) is 23.3 Å². The van der Waals surface area contributed by atoms with Crippen molar-refractivity contribution < 1.29 is 13.9 Å². The van der Waals surface area contributed by atoms with Gasteiger partial charge in [0.25, 0.3) is 11.5 Å². The van der Waals surface area contributed by atoms with E-state index in [9.17, 15) is 14.0 Å². The predicted molar refractivity (Wildman–Crippen MR) is 133 cm³/mol. The number of ether oxygens (including phenoxy) is 1. The first-order chi connectivity index (χ1) is 16.3. The molecular formula is C25H27ClFN3O3S. The highest BCUT2D eigenvalue weighted by Crippen LogP contribution is 2.29. The summed E-state index contributed by atoms with van der Waals surface area (Å²) in [5, 5.41) is 4.07. The second-order valence-electron chi connectivity index (χ2n) is 8.77. The minimum Gasteiger partial charge on any atom is -0.376 e. The number of carbonyl (C=O) groups excluding carboxylic acids is 1. The molecule has 1 N–H and O–H groups in total. The van der Waals surface area contributed by atoms with Crippen LogP contribution < -0.4 is 10.9 Å². The Morgan fingerprint density at radius 2 is 2.18 bits per heavy atom. The van der Waals surface area contributed by atoms with Crippen LogP contribution in [0.3, 0.4) is 0 Å². The van der Waals surface area contributed by atoms with E-state index in [0.717, 1.165) is 12.8 Å². The van der Waals surface area contributed by atoms with Crippen molar-refractivity contribution in [2.75, 3.05) is 13.2 Å². The minimum atomic E-state index is -0.405. The Bertz CT molecular complexity index is 1240. The first-order valence-electron chi connectivity index (χ1n) is 11.3. The normalized spacial score (nSPS) is 15.9. The van der Waals surface area contributed by atoms with E-state index in [0.29, 0.717) is 57.8 Å². The van der Waals surface area contributed by atoms with Gasteiger partial charge in [0, 0.05) is 35.1 Å². The van der Waals surface area contributed by atoms with E-state index < -0.39 is 5.82 Å². The third-order valence-corrected chi connectivity index (χ3v) is 7.03. The van der Waals surface area contributed by atoms with E-state index in [2.05, 4.69) is 5.32 Å². The first kappa shape index (κ1) is 24.7. The van der Waals surface area contributed by atoms with E-state index >= 15 is 0 Å². The van der Waals surface area contributed by atoms with Crippen LogP contribution in [0, 0.1) is 11.7 Å². The largest absolute Gasteiger partial charge is 0.376 e. The molecule has 180 valence electrons. The quantitative estimate of drug-likeness (QED) is 0.344. The number of nitrogens with zero attached hydrogens (tertiary/aromatic N) is 2. The molecule has 4 rings (SSSR count). The average Bonchev–Trinajstić information content (AvgIpc) is 3.32. The molecule has 2 heterocycles. The molecule has 1 saturated heterocycles. The number of fused-ring (bicyclic) bond motifs is 1. The maximum absolute atomic E-state index is 14.3. The molecule has 0 aliphatic carbocycles. The van der Waals surface area contributed by atoms with E-state index in [1.54, 1.807) is 34.9 Å². The molecule has 0 bridgehead atoms. The number of carbonyl (C=O) groups is 1. The molecular weight excluding hydrogens is 477 g/mol. The number of rotatable bonds is 8. The summed E-state index contributed by atoms with van der Waals surface area (Å²) in [4.78, 5) is 30.7. The van der Waals surface area contributed by atoms with Gasteiger partial charge in [0.05, 0.1) is 23.6 Å². The second kappa shape index (κ2) is 10.9. The lowest BCUT2D eigenvalue weighted by Crippen LogP contribution is -2.29. The molecule has 3 aromatic rings. The lowest BCUT2D eigenvalue weighted by Gasteiger charge is -2.17. The van der Waals surface area contributed by atoms with Crippen LogP contribution in [0.1, 0.15) is 42.6 Å². The Morgan fingerprint density at radius 3 is 2.88 bits per heavy atom. The molecule has 1 aliphatic heterocycles. The van der Waals surface area contributed by atoms with Crippen molar-refractivity contribution in [1.82, 2.24) is 14.9 Å². The lowest BCUT2D eigenvalue weighted by molar-refractivity contribution is 0.0937. The Morgan fingerprint density at radius 1 is 1.35 bits per heavy atom. The fourth-order valence-corrected chi connectivity index (χ4v) is 5.16. The van der Waals surface area contributed by atoms with Crippen molar-refractivity contribution in [2.24, 2.45) is 5.92 Å². The Balaban J connectivity index is 1.71. The van der Waals surface area contributed by atoms with Gasteiger partial charge < -0.3 is 10.1 Å². The third kappa shape index (κ3) is 5.62. The molecule has 0 spiro atoms. The van der Waals surface area contributed by atoms with Gasteiger partial charge >= 0.3 is 0 Å². The van der Waals surface area contributed by atoms with Crippen LogP contribution in [0.15, 0.2) is 46.3 Å². The Kier molecular flexibility index (Phi) is 7.91. The number of amides is 1. The predicted octanol–water partition coefficient (Wildman–Crippen LogP) is 5.05. The van der Waals surface area contributed by atoms with Crippen molar-refractivity contribution in [3.05, 3.63) is 68.7 Å². The molecule has 0 saturated carbocycles. The molecule has 1 aromatic heterocycles. The Labute approximate surface area is 206 Å². The average molecular weight is 504 g/mol. The van der Waals surface area contributed by atoms with Crippen molar-refractivity contribution in [3.8, 4) is 0 Å².